The maximum absolute atomic E-state index is 12.4. The summed E-state index contributed by atoms with van der Waals surface area (Å²) >= 11 is 0. The lowest BCUT2D eigenvalue weighted by Crippen LogP contribution is -2.44. The standard InChI is InChI=1S/C18H17NO2/c20-18(17-13-10-15(17)19-11-13)21-16-9-5-4-8-14(16)12-6-2-1-3-7-12/h1-9,13,15,17,19H,10-11H2. The van der Waals surface area contributed by atoms with Crippen LogP contribution in [0.4, 0.5) is 0 Å². The first-order chi connectivity index (χ1) is 10.3. The number of hydrogen-bond acceptors (Lipinski definition) is 3. The number of ether oxygens (including phenoxy) is 1. The van der Waals surface area contributed by atoms with Crippen LogP contribution in [-0.2, 0) is 4.79 Å². The minimum absolute atomic E-state index is 0.0360. The third-order valence-corrected chi connectivity index (χ3v) is 4.59. The van der Waals surface area contributed by atoms with Gasteiger partial charge in [-0.3, -0.25) is 4.79 Å². The Hall–Kier alpha value is -2.13. The van der Waals surface area contributed by atoms with Crippen molar-refractivity contribution < 1.29 is 9.53 Å². The van der Waals surface area contributed by atoms with Crippen molar-refractivity contribution in [1.82, 2.24) is 5.32 Å². The first kappa shape index (κ1) is 12.6. The molecule has 0 amide bonds. The number of carbonyl (C=O) groups excluding carboxylic acids is 1. The van der Waals surface area contributed by atoms with Gasteiger partial charge in [0.1, 0.15) is 5.75 Å². The van der Waals surface area contributed by atoms with E-state index in [4.69, 9.17) is 4.74 Å². The molecule has 3 atom stereocenters. The van der Waals surface area contributed by atoms with Crippen molar-refractivity contribution in [3.63, 3.8) is 0 Å². The van der Waals surface area contributed by atoms with Crippen molar-refractivity contribution in [2.24, 2.45) is 11.8 Å². The summed E-state index contributed by atoms with van der Waals surface area (Å²) in [6, 6.07) is 18.1. The van der Waals surface area contributed by atoms with Gasteiger partial charge in [0.05, 0.1) is 5.92 Å². The van der Waals surface area contributed by atoms with Crippen LogP contribution in [0.3, 0.4) is 0 Å². The Bertz CT molecular complexity index is 654. The first-order valence-electron chi connectivity index (χ1n) is 7.42. The summed E-state index contributed by atoms with van der Waals surface area (Å²) in [6.07, 6.45) is 1.11. The van der Waals surface area contributed by atoms with Crippen molar-refractivity contribution in [3.05, 3.63) is 54.6 Å². The average molecular weight is 279 g/mol. The quantitative estimate of drug-likeness (QED) is 0.693. The summed E-state index contributed by atoms with van der Waals surface area (Å²) in [7, 11) is 0. The number of esters is 1. The molecule has 1 N–H and O–H groups in total. The number of benzene rings is 2. The van der Waals surface area contributed by atoms with Crippen LogP contribution in [0, 0.1) is 11.8 Å². The van der Waals surface area contributed by atoms with Crippen LogP contribution < -0.4 is 10.1 Å². The van der Waals surface area contributed by atoms with Gasteiger partial charge in [-0.15, -0.1) is 0 Å². The van der Waals surface area contributed by atoms with Crippen molar-refractivity contribution in [2.75, 3.05) is 6.54 Å². The van der Waals surface area contributed by atoms with Gasteiger partial charge in [0.15, 0.2) is 0 Å². The van der Waals surface area contributed by atoms with Gasteiger partial charge in [0.2, 0.25) is 0 Å². The lowest BCUT2D eigenvalue weighted by molar-refractivity contribution is -0.143. The Morgan fingerprint density at radius 3 is 2.52 bits per heavy atom. The summed E-state index contributed by atoms with van der Waals surface area (Å²) in [6.45, 7) is 0.949. The molecule has 2 saturated heterocycles. The van der Waals surface area contributed by atoms with E-state index in [1.54, 1.807) is 0 Å². The largest absolute Gasteiger partial charge is 0.426 e. The van der Waals surface area contributed by atoms with Gasteiger partial charge in [-0.05, 0) is 30.5 Å². The van der Waals surface area contributed by atoms with Gasteiger partial charge < -0.3 is 10.1 Å². The average Bonchev–Trinajstić information content (AvgIpc) is 3.13. The third-order valence-electron chi connectivity index (χ3n) is 4.59. The fraction of sp³-hybridized carbons (Fsp3) is 0.278. The molecule has 0 radical (unpaired) electrons. The van der Waals surface area contributed by atoms with Crippen LogP contribution in [0.15, 0.2) is 54.6 Å². The highest BCUT2D eigenvalue weighted by atomic mass is 16.5. The molecule has 3 aliphatic rings. The summed E-state index contributed by atoms with van der Waals surface area (Å²) in [5.74, 6) is 1.06. The van der Waals surface area contributed by atoms with E-state index in [0.717, 1.165) is 24.1 Å². The molecule has 2 aromatic carbocycles. The van der Waals surface area contributed by atoms with Gasteiger partial charge >= 0.3 is 5.97 Å². The van der Waals surface area contributed by atoms with Gasteiger partial charge in [0.25, 0.3) is 0 Å². The van der Waals surface area contributed by atoms with Gasteiger partial charge in [0, 0.05) is 11.6 Å². The molecule has 0 spiro atoms. The van der Waals surface area contributed by atoms with E-state index in [-0.39, 0.29) is 11.9 Å². The molecule has 1 aliphatic carbocycles. The highest BCUT2D eigenvalue weighted by Gasteiger charge is 2.51. The molecule has 0 aromatic heterocycles. The Morgan fingerprint density at radius 1 is 1.05 bits per heavy atom. The maximum Gasteiger partial charge on any atom is 0.316 e. The molecule has 2 aromatic rings. The van der Waals surface area contributed by atoms with Crippen molar-refractivity contribution >= 4 is 5.97 Å². The van der Waals surface area contributed by atoms with E-state index in [1.807, 2.05) is 54.6 Å². The minimum atomic E-state index is -0.0929. The first-order valence-corrected chi connectivity index (χ1v) is 7.42. The molecular weight excluding hydrogens is 262 g/mol. The van der Waals surface area contributed by atoms with Crippen molar-refractivity contribution in [2.45, 2.75) is 12.5 Å². The molecule has 106 valence electrons. The normalized spacial score (nSPS) is 26.2. The molecule has 3 heteroatoms. The second-order valence-electron chi connectivity index (χ2n) is 5.82. The van der Waals surface area contributed by atoms with Crippen LogP contribution in [0.2, 0.25) is 0 Å². The number of para-hydroxylation sites is 1. The fourth-order valence-electron chi connectivity index (χ4n) is 3.42. The zero-order valence-corrected chi connectivity index (χ0v) is 11.7. The Kier molecular flexibility index (Phi) is 3.00. The summed E-state index contributed by atoms with van der Waals surface area (Å²) < 4.78 is 5.71. The molecule has 21 heavy (non-hydrogen) atoms. The number of rotatable bonds is 3. The van der Waals surface area contributed by atoms with E-state index in [2.05, 4.69) is 5.32 Å². The lowest BCUT2D eigenvalue weighted by Gasteiger charge is -2.32. The Labute approximate surface area is 123 Å². The summed E-state index contributed by atoms with van der Waals surface area (Å²) in [5.41, 5.74) is 2.03. The van der Waals surface area contributed by atoms with E-state index < -0.39 is 0 Å². The number of nitrogens with one attached hydrogen (secondary N) is 1. The number of carbonyl (C=O) groups is 1. The molecule has 5 rings (SSSR count). The summed E-state index contributed by atoms with van der Waals surface area (Å²) in [4.78, 5) is 12.4. The summed E-state index contributed by atoms with van der Waals surface area (Å²) in [5, 5.41) is 3.36. The van der Waals surface area contributed by atoms with Gasteiger partial charge in [-0.1, -0.05) is 48.5 Å². The SMILES string of the molecule is O=C(Oc1ccccc1-c1ccccc1)C1C2CNC1C2. The van der Waals surface area contributed by atoms with E-state index in [9.17, 15) is 4.79 Å². The predicted octanol–water partition coefficient (Wildman–Crippen LogP) is 2.87. The maximum atomic E-state index is 12.4. The van der Waals surface area contributed by atoms with E-state index in [0.29, 0.717) is 17.7 Å². The molecule has 3 nitrogen and oxygen atoms in total. The second kappa shape index (κ2) is 5.01. The zero-order valence-electron chi connectivity index (χ0n) is 11.7. The van der Waals surface area contributed by atoms with Crippen LogP contribution in [0.5, 0.6) is 5.75 Å². The van der Waals surface area contributed by atoms with E-state index >= 15 is 0 Å². The minimum Gasteiger partial charge on any atom is -0.426 e. The van der Waals surface area contributed by atoms with E-state index in [1.165, 1.54) is 0 Å². The fourth-order valence-corrected chi connectivity index (χ4v) is 3.42. The zero-order chi connectivity index (χ0) is 14.2. The third kappa shape index (κ3) is 2.14. The second-order valence-corrected chi connectivity index (χ2v) is 5.82. The Balaban J connectivity index is 1.59. The highest BCUT2D eigenvalue weighted by molar-refractivity contribution is 5.81. The van der Waals surface area contributed by atoms with Crippen LogP contribution in [0.25, 0.3) is 11.1 Å². The molecule has 2 aliphatic heterocycles. The number of hydrogen-bond donors (Lipinski definition) is 1. The predicted molar refractivity (Wildman–Crippen MR) is 80.9 cm³/mol. The monoisotopic (exact) mass is 279 g/mol. The molecule has 2 bridgehead atoms. The van der Waals surface area contributed by atoms with Crippen LogP contribution >= 0.6 is 0 Å². The van der Waals surface area contributed by atoms with Crippen molar-refractivity contribution in [1.29, 1.82) is 0 Å². The Morgan fingerprint density at radius 2 is 1.81 bits per heavy atom. The van der Waals surface area contributed by atoms with Gasteiger partial charge in [-0.25, -0.2) is 0 Å². The van der Waals surface area contributed by atoms with Gasteiger partial charge in [-0.2, -0.15) is 0 Å². The molecule has 1 saturated carbocycles. The van der Waals surface area contributed by atoms with Crippen LogP contribution in [0.1, 0.15) is 6.42 Å². The van der Waals surface area contributed by atoms with Crippen molar-refractivity contribution in [3.8, 4) is 16.9 Å². The molecule has 2 heterocycles. The topological polar surface area (TPSA) is 38.3 Å². The number of fused-ring (bicyclic) bond motifs is 1. The highest BCUT2D eigenvalue weighted by Crippen LogP contribution is 2.41. The van der Waals surface area contributed by atoms with Crippen LogP contribution in [-0.4, -0.2) is 18.6 Å². The lowest BCUT2D eigenvalue weighted by atomic mass is 9.74. The smallest absolute Gasteiger partial charge is 0.316 e. The molecular formula is C18H17NO2. The molecule has 3 fully saturated rings. The molecule has 3 unspecified atom stereocenters.